The first-order valence-electron chi connectivity index (χ1n) is 7.82. The Balaban J connectivity index is 1.63. The van der Waals surface area contributed by atoms with Crippen LogP contribution in [-0.2, 0) is 4.79 Å². The molecule has 0 unspecified atom stereocenters. The van der Waals surface area contributed by atoms with Crippen molar-refractivity contribution in [3.05, 3.63) is 84.2 Å². The van der Waals surface area contributed by atoms with Gasteiger partial charge in [0.1, 0.15) is 0 Å². The van der Waals surface area contributed by atoms with Crippen LogP contribution in [0.3, 0.4) is 0 Å². The van der Waals surface area contributed by atoms with Gasteiger partial charge in [-0.1, -0.05) is 18.2 Å². The zero-order chi connectivity index (χ0) is 17.6. The van der Waals surface area contributed by atoms with E-state index in [1.54, 1.807) is 41.2 Å². The van der Waals surface area contributed by atoms with E-state index in [0.717, 1.165) is 11.3 Å². The topological polar surface area (TPSA) is 64.0 Å². The number of amides is 1. The summed E-state index contributed by atoms with van der Waals surface area (Å²) in [5.41, 5.74) is 3.03. The van der Waals surface area contributed by atoms with Crippen LogP contribution in [-0.4, -0.2) is 21.5 Å². The van der Waals surface area contributed by atoms with Gasteiger partial charge in [0, 0.05) is 29.1 Å². The van der Waals surface area contributed by atoms with E-state index < -0.39 is 0 Å². The Morgan fingerprint density at radius 3 is 2.44 bits per heavy atom. The van der Waals surface area contributed by atoms with Gasteiger partial charge in [-0.15, -0.1) is 0 Å². The van der Waals surface area contributed by atoms with E-state index in [4.69, 9.17) is 0 Å². The predicted octanol–water partition coefficient (Wildman–Crippen LogP) is 3.73. The fourth-order valence-corrected chi connectivity index (χ4v) is 2.29. The van der Waals surface area contributed by atoms with E-state index in [1.807, 2.05) is 36.5 Å². The zero-order valence-corrected chi connectivity index (χ0v) is 13.7. The molecule has 0 aliphatic carbocycles. The van der Waals surface area contributed by atoms with Gasteiger partial charge in [-0.05, 0) is 49.4 Å². The summed E-state index contributed by atoms with van der Waals surface area (Å²) in [5, 5.41) is 7.03. The van der Waals surface area contributed by atoms with Crippen LogP contribution in [0.25, 0.3) is 11.8 Å². The highest BCUT2D eigenvalue weighted by Gasteiger charge is 2.02. The van der Waals surface area contributed by atoms with Crippen LogP contribution in [0.5, 0.6) is 0 Å². The monoisotopic (exact) mass is 331 g/mol. The van der Waals surface area contributed by atoms with Crippen LogP contribution >= 0.6 is 0 Å². The summed E-state index contributed by atoms with van der Waals surface area (Å²) in [6, 6.07) is 16.5. The second-order valence-electron chi connectivity index (χ2n) is 5.51. The molecule has 0 bridgehead atoms. The SMILES string of the molecule is CC(=O)c1ccc(NC(=O)C=Cc2cnn(-c3ccccc3)c2)cc1. The molecular formula is C20H17N3O2. The Labute approximate surface area is 145 Å². The Bertz CT molecular complexity index is 910. The molecule has 0 saturated heterocycles. The molecule has 3 aromatic rings. The van der Waals surface area contributed by atoms with E-state index in [-0.39, 0.29) is 11.7 Å². The number of ketones is 1. The largest absolute Gasteiger partial charge is 0.323 e. The number of aromatic nitrogens is 2. The summed E-state index contributed by atoms with van der Waals surface area (Å²) in [5.74, 6) is -0.253. The molecule has 1 amide bonds. The van der Waals surface area contributed by atoms with Crippen LogP contribution in [0.1, 0.15) is 22.8 Å². The van der Waals surface area contributed by atoms with Crippen molar-refractivity contribution >= 4 is 23.5 Å². The first-order valence-corrected chi connectivity index (χ1v) is 7.82. The normalized spacial score (nSPS) is 10.8. The molecule has 25 heavy (non-hydrogen) atoms. The Hall–Kier alpha value is -3.47. The molecule has 0 radical (unpaired) electrons. The highest BCUT2D eigenvalue weighted by Crippen LogP contribution is 2.11. The number of nitrogens with one attached hydrogen (secondary N) is 1. The van der Waals surface area contributed by atoms with Crippen molar-refractivity contribution in [1.82, 2.24) is 9.78 Å². The molecule has 0 spiro atoms. The Morgan fingerprint density at radius 1 is 1.04 bits per heavy atom. The zero-order valence-electron chi connectivity index (χ0n) is 13.7. The maximum Gasteiger partial charge on any atom is 0.248 e. The minimum Gasteiger partial charge on any atom is -0.323 e. The van der Waals surface area contributed by atoms with Gasteiger partial charge in [0.15, 0.2) is 5.78 Å². The summed E-state index contributed by atoms with van der Waals surface area (Å²) >= 11 is 0. The minimum atomic E-state index is -0.247. The Morgan fingerprint density at radius 2 is 1.76 bits per heavy atom. The van der Waals surface area contributed by atoms with Crippen molar-refractivity contribution in [2.45, 2.75) is 6.92 Å². The number of anilines is 1. The number of benzene rings is 2. The molecule has 0 aliphatic rings. The van der Waals surface area contributed by atoms with Crippen molar-refractivity contribution < 1.29 is 9.59 Å². The lowest BCUT2D eigenvalue weighted by atomic mass is 10.1. The van der Waals surface area contributed by atoms with Crippen LogP contribution < -0.4 is 5.32 Å². The van der Waals surface area contributed by atoms with Crippen molar-refractivity contribution in [3.8, 4) is 5.69 Å². The third-order valence-corrected chi connectivity index (χ3v) is 3.61. The molecule has 0 saturated carbocycles. The van der Waals surface area contributed by atoms with Crippen LogP contribution in [0.2, 0.25) is 0 Å². The molecule has 1 aromatic heterocycles. The van der Waals surface area contributed by atoms with Crippen LogP contribution in [0, 0.1) is 0 Å². The predicted molar refractivity (Wildman–Crippen MR) is 97.7 cm³/mol. The molecule has 0 aliphatic heterocycles. The fourth-order valence-electron chi connectivity index (χ4n) is 2.29. The van der Waals surface area contributed by atoms with Crippen LogP contribution in [0.4, 0.5) is 5.69 Å². The molecule has 5 nitrogen and oxygen atoms in total. The minimum absolute atomic E-state index is 0.00630. The lowest BCUT2D eigenvalue weighted by Crippen LogP contribution is -2.07. The third kappa shape index (κ3) is 4.29. The number of carbonyl (C=O) groups is 2. The maximum atomic E-state index is 12.0. The maximum absolute atomic E-state index is 12.0. The van der Waals surface area contributed by atoms with Gasteiger partial charge < -0.3 is 5.32 Å². The van der Waals surface area contributed by atoms with Gasteiger partial charge in [0.25, 0.3) is 0 Å². The average molecular weight is 331 g/mol. The van der Waals surface area contributed by atoms with Crippen molar-refractivity contribution in [2.24, 2.45) is 0 Å². The molecule has 2 aromatic carbocycles. The number of para-hydroxylation sites is 1. The standard InChI is InChI=1S/C20H17N3O2/c1-15(24)17-8-10-18(11-9-17)22-20(25)12-7-16-13-21-23(14-16)19-5-3-2-4-6-19/h2-14H,1H3,(H,22,25). The van der Waals surface area contributed by atoms with E-state index >= 15 is 0 Å². The summed E-state index contributed by atoms with van der Waals surface area (Å²) in [6.07, 6.45) is 6.69. The van der Waals surface area contributed by atoms with Gasteiger partial charge in [0.05, 0.1) is 11.9 Å². The summed E-state index contributed by atoms with van der Waals surface area (Å²) in [4.78, 5) is 23.2. The van der Waals surface area contributed by atoms with E-state index in [2.05, 4.69) is 10.4 Å². The molecule has 1 heterocycles. The van der Waals surface area contributed by atoms with E-state index in [0.29, 0.717) is 11.3 Å². The highest BCUT2D eigenvalue weighted by molar-refractivity contribution is 6.02. The van der Waals surface area contributed by atoms with Gasteiger partial charge in [-0.25, -0.2) is 4.68 Å². The number of hydrogen-bond acceptors (Lipinski definition) is 3. The highest BCUT2D eigenvalue weighted by atomic mass is 16.1. The number of carbonyl (C=O) groups excluding carboxylic acids is 2. The number of hydrogen-bond donors (Lipinski definition) is 1. The van der Waals surface area contributed by atoms with Crippen LogP contribution in [0.15, 0.2) is 73.1 Å². The van der Waals surface area contributed by atoms with Gasteiger partial charge in [0.2, 0.25) is 5.91 Å². The first-order chi connectivity index (χ1) is 12.1. The van der Waals surface area contributed by atoms with E-state index in [9.17, 15) is 9.59 Å². The molecule has 3 rings (SSSR count). The van der Waals surface area contributed by atoms with Gasteiger partial charge in [-0.3, -0.25) is 9.59 Å². The lowest BCUT2D eigenvalue weighted by molar-refractivity contribution is -0.111. The molecule has 0 fully saturated rings. The van der Waals surface area contributed by atoms with Gasteiger partial charge >= 0.3 is 0 Å². The van der Waals surface area contributed by atoms with Gasteiger partial charge in [-0.2, -0.15) is 5.10 Å². The summed E-state index contributed by atoms with van der Waals surface area (Å²) < 4.78 is 1.75. The number of Topliss-reactive ketones (excluding diaryl/α,β-unsaturated/α-hetero) is 1. The fraction of sp³-hybridized carbons (Fsp3) is 0.0500. The number of nitrogens with zero attached hydrogens (tertiary/aromatic N) is 2. The quantitative estimate of drug-likeness (QED) is 0.572. The molecule has 1 N–H and O–H groups in total. The average Bonchev–Trinajstić information content (AvgIpc) is 3.10. The second-order valence-corrected chi connectivity index (χ2v) is 5.51. The molecule has 5 heteroatoms. The third-order valence-electron chi connectivity index (χ3n) is 3.61. The first kappa shape index (κ1) is 16.4. The molecule has 0 atom stereocenters. The van der Waals surface area contributed by atoms with Crippen molar-refractivity contribution in [2.75, 3.05) is 5.32 Å². The van der Waals surface area contributed by atoms with Crippen molar-refractivity contribution in [1.29, 1.82) is 0 Å². The molecule has 124 valence electrons. The number of rotatable bonds is 5. The van der Waals surface area contributed by atoms with E-state index in [1.165, 1.54) is 13.0 Å². The second kappa shape index (κ2) is 7.40. The van der Waals surface area contributed by atoms with Crippen molar-refractivity contribution in [3.63, 3.8) is 0 Å². The summed E-state index contributed by atoms with van der Waals surface area (Å²) in [6.45, 7) is 1.51. The lowest BCUT2D eigenvalue weighted by Gasteiger charge is -2.02. The Kier molecular flexibility index (Phi) is 4.85. The smallest absolute Gasteiger partial charge is 0.248 e. The summed E-state index contributed by atoms with van der Waals surface area (Å²) in [7, 11) is 0. The molecular weight excluding hydrogens is 314 g/mol.